The lowest BCUT2D eigenvalue weighted by molar-refractivity contribution is -0.115. The maximum Gasteiger partial charge on any atom is 0.264 e. The number of carbonyl (C=O) groups excluding carboxylic acids is 1. The molecular formula is C22H18N2O2S2. The van der Waals surface area contributed by atoms with Crippen LogP contribution in [0.1, 0.15) is 16.9 Å². The lowest BCUT2D eigenvalue weighted by atomic mass is 10.2. The van der Waals surface area contributed by atoms with E-state index in [1.54, 1.807) is 17.8 Å². The highest BCUT2D eigenvalue weighted by molar-refractivity contribution is 8.18. The van der Waals surface area contributed by atoms with E-state index in [1.807, 2.05) is 43.3 Å². The Morgan fingerprint density at radius 1 is 0.964 bits per heavy atom. The van der Waals surface area contributed by atoms with Gasteiger partial charge in [0, 0.05) is 11.0 Å². The average molecular weight is 407 g/mol. The van der Waals surface area contributed by atoms with Crippen molar-refractivity contribution in [2.45, 2.75) is 23.8 Å². The molecule has 0 unspecified atom stereocenters. The molecule has 1 aromatic heterocycles. The third-order valence-corrected chi connectivity index (χ3v) is 5.87. The summed E-state index contributed by atoms with van der Waals surface area (Å²) in [6.45, 7) is 4.09. The van der Waals surface area contributed by atoms with Gasteiger partial charge in [-0.2, -0.15) is 0 Å². The molecule has 0 saturated carbocycles. The number of hydrogen-bond acceptors (Lipinski definition) is 5. The Kier molecular flexibility index (Phi) is 5.41. The molecule has 1 amide bonds. The minimum absolute atomic E-state index is 0.167. The van der Waals surface area contributed by atoms with E-state index >= 15 is 0 Å². The molecule has 1 aliphatic heterocycles. The predicted molar refractivity (Wildman–Crippen MR) is 116 cm³/mol. The van der Waals surface area contributed by atoms with Gasteiger partial charge in [-0.25, -0.2) is 4.99 Å². The van der Waals surface area contributed by atoms with Crippen LogP contribution in [0.4, 0.5) is 5.69 Å². The molecule has 3 aromatic rings. The molecule has 28 heavy (non-hydrogen) atoms. The Balaban J connectivity index is 1.47. The molecule has 1 N–H and O–H groups in total. The molecule has 2 heterocycles. The first-order chi connectivity index (χ1) is 13.5. The van der Waals surface area contributed by atoms with Crippen molar-refractivity contribution in [1.29, 1.82) is 0 Å². The van der Waals surface area contributed by atoms with Crippen molar-refractivity contribution >= 4 is 46.4 Å². The molecule has 0 bridgehead atoms. The molecular weight excluding hydrogens is 388 g/mol. The van der Waals surface area contributed by atoms with Crippen molar-refractivity contribution in [1.82, 2.24) is 5.32 Å². The monoisotopic (exact) mass is 406 g/mol. The summed E-state index contributed by atoms with van der Waals surface area (Å²) in [6, 6.07) is 19.9. The number of aryl methyl sites for hydroxylation is 2. The number of furan rings is 1. The fourth-order valence-electron chi connectivity index (χ4n) is 2.54. The number of hydrogen-bond donors (Lipinski definition) is 1. The standard InChI is InChI=1S/C22H18N2O2S2/c1-14-3-7-16(8-4-14)23-22-24-21(25)19(28-22)13-17-9-12-20(26-17)27-18-10-5-15(2)6-11-18/h3-13H,1-2H3,(H,23,24,25)/b19-13-. The summed E-state index contributed by atoms with van der Waals surface area (Å²) in [5, 5.41) is 4.15. The SMILES string of the molecule is Cc1ccc(N=C2NC(=O)/C(=C/c3ccc(Sc4ccc(C)cc4)o3)S2)cc1. The van der Waals surface area contributed by atoms with Gasteiger partial charge >= 0.3 is 0 Å². The lowest BCUT2D eigenvalue weighted by Crippen LogP contribution is -2.19. The molecule has 1 saturated heterocycles. The van der Waals surface area contributed by atoms with Crippen LogP contribution in [0.15, 0.2) is 85.0 Å². The summed E-state index contributed by atoms with van der Waals surface area (Å²) < 4.78 is 5.85. The van der Waals surface area contributed by atoms with Crippen LogP contribution in [-0.2, 0) is 4.79 Å². The normalized spacial score (nSPS) is 16.7. The topological polar surface area (TPSA) is 54.6 Å². The summed E-state index contributed by atoms with van der Waals surface area (Å²) in [5.41, 5.74) is 3.20. The van der Waals surface area contributed by atoms with E-state index in [0.29, 0.717) is 15.8 Å². The Morgan fingerprint density at radius 3 is 2.36 bits per heavy atom. The molecule has 0 spiro atoms. The number of aliphatic imine (C=N–C) groups is 1. The number of nitrogens with zero attached hydrogens (tertiary/aromatic N) is 1. The minimum Gasteiger partial charge on any atom is -0.450 e. The first kappa shape index (κ1) is 18.7. The van der Waals surface area contributed by atoms with Gasteiger partial charge in [-0.3, -0.25) is 4.79 Å². The van der Waals surface area contributed by atoms with Crippen molar-refractivity contribution in [3.8, 4) is 0 Å². The van der Waals surface area contributed by atoms with Crippen LogP contribution in [0.2, 0.25) is 0 Å². The second kappa shape index (κ2) is 8.12. The number of benzene rings is 2. The van der Waals surface area contributed by atoms with Gasteiger partial charge in [-0.1, -0.05) is 47.2 Å². The maximum absolute atomic E-state index is 12.2. The Hall–Kier alpha value is -2.70. The van der Waals surface area contributed by atoms with Gasteiger partial charge in [0.15, 0.2) is 10.3 Å². The van der Waals surface area contributed by atoms with Crippen LogP contribution in [0, 0.1) is 13.8 Å². The second-order valence-corrected chi connectivity index (χ2v) is 8.50. The molecule has 1 aliphatic rings. The van der Waals surface area contributed by atoms with Crippen molar-refractivity contribution < 1.29 is 9.21 Å². The fraction of sp³-hybridized carbons (Fsp3) is 0.0909. The fourth-order valence-corrected chi connectivity index (χ4v) is 4.14. The summed E-state index contributed by atoms with van der Waals surface area (Å²) in [4.78, 5) is 18.4. The molecule has 0 atom stereocenters. The van der Waals surface area contributed by atoms with Gasteiger partial charge in [-0.15, -0.1) is 0 Å². The van der Waals surface area contributed by atoms with Crippen LogP contribution in [-0.4, -0.2) is 11.1 Å². The first-order valence-corrected chi connectivity index (χ1v) is 10.4. The number of carbonyl (C=O) groups is 1. The number of amides is 1. The molecule has 2 aromatic carbocycles. The van der Waals surface area contributed by atoms with Crippen LogP contribution >= 0.6 is 23.5 Å². The number of nitrogens with one attached hydrogen (secondary N) is 1. The van der Waals surface area contributed by atoms with Crippen molar-refractivity contribution in [2.75, 3.05) is 0 Å². The summed E-state index contributed by atoms with van der Waals surface area (Å²) in [5.74, 6) is 0.476. The predicted octanol–water partition coefficient (Wildman–Crippen LogP) is 5.94. The zero-order valence-corrected chi connectivity index (χ0v) is 17.1. The van der Waals surface area contributed by atoms with Crippen LogP contribution in [0.5, 0.6) is 0 Å². The third-order valence-electron chi connectivity index (χ3n) is 4.03. The average Bonchev–Trinajstić information content (AvgIpc) is 3.26. The molecule has 6 heteroatoms. The highest BCUT2D eigenvalue weighted by atomic mass is 32.2. The van der Waals surface area contributed by atoms with E-state index in [-0.39, 0.29) is 5.91 Å². The van der Waals surface area contributed by atoms with E-state index in [1.165, 1.54) is 22.9 Å². The Bertz CT molecular complexity index is 1060. The van der Waals surface area contributed by atoms with E-state index < -0.39 is 0 Å². The highest BCUT2D eigenvalue weighted by Gasteiger charge is 2.24. The summed E-state index contributed by atoms with van der Waals surface area (Å²) >= 11 is 2.86. The summed E-state index contributed by atoms with van der Waals surface area (Å²) in [6.07, 6.45) is 1.75. The van der Waals surface area contributed by atoms with Crippen molar-refractivity contribution in [2.24, 2.45) is 4.99 Å². The Morgan fingerprint density at radius 2 is 1.64 bits per heavy atom. The molecule has 1 fully saturated rings. The maximum atomic E-state index is 12.2. The number of thioether (sulfide) groups is 1. The van der Waals surface area contributed by atoms with Crippen molar-refractivity contribution in [3.63, 3.8) is 0 Å². The van der Waals surface area contributed by atoms with Gasteiger partial charge in [0.25, 0.3) is 5.91 Å². The minimum atomic E-state index is -0.167. The largest absolute Gasteiger partial charge is 0.450 e. The zero-order valence-electron chi connectivity index (χ0n) is 15.4. The van der Waals surface area contributed by atoms with Crippen LogP contribution < -0.4 is 5.32 Å². The van der Waals surface area contributed by atoms with E-state index in [4.69, 9.17) is 4.42 Å². The molecule has 4 rings (SSSR count). The number of rotatable bonds is 4. The molecule has 140 valence electrons. The molecule has 4 nitrogen and oxygen atoms in total. The second-order valence-electron chi connectivity index (χ2n) is 6.39. The lowest BCUT2D eigenvalue weighted by Gasteiger charge is -1.98. The van der Waals surface area contributed by atoms with Gasteiger partial charge in [0.2, 0.25) is 0 Å². The highest BCUT2D eigenvalue weighted by Crippen LogP contribution is 2.32. The zero-order chi connectivity index (χ0) is 19.5. The van der Waals surface area contributed by atoms with Gasteiger partial charge in [0.05, 0.1) is 10.6 Å². The first-order valence-electron chi connectivity index (χ1n) is 8.76. The van der Waals surface area contributed by atoms with E-state index in [0.717, 1.165) is 15.7 Å². The van der Waals surface area contributed by atoms with E-state index in [2.05, 4.69) is 41.5 Å². The van der Waals surface area contributed by atoms with Gasteiger partial charge in [-0.05, 0) is 62.0 Å². The Labute approximate surface area is 172 Å². The van der Waals surface area contributed by atoms with Crippen LogP contribution in [0.25, 0.3) is 6.08 Å². The molecule has 0 radical (unpaired) electrons. The van der Waals surface area contributed by atoms with Gasteiger partial charge < -0.3 is 9.73 Å². The van der Waals surface area contributed by atoms with E-state index in [9.17, 15) is 4.79 Å². The smallest absolute Gasteiger partial charge is 0.264 e. The third kappa shape index (κ3) is 4.58. The molecule has 0 aliphatic carbocycles. The number of amidine groups is 1. The summed E-state index contributed by atoms with van der Waals surface area (Å²) in [7, 11) is 0. The van der Waals surface area contributed by atoms with Gasteiger partial charge in [0.1, 0.15) is 5.76 Å². The van der Waals surface area contributed by atoms with Crippen molar-refractivity contribution in [3.05, 3.63) is 82.5 Å². The van der Waals surface area contributed by atoms with Crippen LogP contribution in [0.3, 0.4) is 0 Å². The quantitative estimate of drug-likeness (QED) is 0.545.